The molecule has 0 bridgehead atoms. The molecule has 2 aliphatic rings. The number of nitrogens with zero attached hydrogens (tertiary/aromatic N) is 2. The van der Waals surface area contributed by atoms with E-state index < -0.39 is 0 Å². The van der Waals surface area contributed by atoms with Crippen molar-refractivity contribution in [3.8, 4) is 11.6 Å². The quantitative estimate of drug-likeness (QED) is 0.685. The first-order chi connectivity index (χ1) is 13.8. The molecular weight excluding hydrogens is 370 g/mol. The summed E-state index contributed by atoms with van der Waals surface area (Å²) in [6.45, 7) is 1.52. The molecule has 0 amide bonds. The minimum absolute atomic E-state index is 0.131. The Hall–Kier alpha value is -2.54. The van der Waals surface area contributed by atoms with E-state index in [-0.39, 0.29) is 5.50 Å². The molecule has 2 aromatic carbocycles. The Morgan fingerprint density at radius 2 is 1.93 bits per heavy atom. The fraction of sp³-hybridized carbons (Fsp3) is 0.227. The summed E-state index contributed by atoms with van der Waals surface area (Å²) in [5.74, 6) is 1.76. The van der Waals surface area contributed by atoms with Gasteiger partial charge in [0.25, 0.3) is 0 Å². The number of fused-ring (bicyclic) bond motifs is 1. The molecule has 142 valence electrons. The average molecular weight is 391 g/mol. The molecule has 2 N–H and O–H groups in total. The maximum Gasteiger partial charge on any atom is 0.222 e. The number of nitrogens with two attached hydrogens (primary N) is 1. The minimum Gasteiger partial charge on any atom is -0.439 e. The highest BCUT2D eigenvalue weighted by molar-refractivity contribution is 8.00. The van der Waals surface area contributed by atoms with E-state index in [1.54, 1.807) is 18.0 Å². The van der Waals surface area contributed by atoms with Crippen molar-refractivity contribution in [1.29, 1.82) is 0 Å². The molecule has 0 saturated carbocycles. The van der Waals surface area contributed by atoms with E-state index in [1.165, 1.54) is 4.90 Å². The summed E-state index contributed by atoms with van der Waals surface area (Å²) in [5, 5.41) is 0. The molecule has 3 aromatic rings. The van der Waals surface area contributed by atoms with E-state index in [2.05, 4.69) is 28.1 Å². The lowest BCUT2D eigenvalue weighted by Crippen LogP contribution is -2.31. The Labute approximate surface area is 168 Å². The summed E-state index contributed by atoms with van der Waals surface area (Å²) in [5.41, 5.74) is 9.51. The van der Waals surface area contributed by atoms with Crippen LogP contribution in [0.4, 0.5) is 11.4 Å². The van der Waals surface area contributed by atoms with E-state index in [9.17, 15) is 0 Å². The number of pyridine rings is 1. The first kappa shape index (κ1) is 17.6. The molecule has 2 atom stereocenters. The van der Waals surface area contributed by atoms with Crippen LogP contribution in [-0.4, -0.2) is 23.7 Å². The fourth-order valence-corrected chi connectivity index (χ4v) is 4.77. The van der Waals surface area contributed by atoms with Gasteiger partial charge in [0.1, 0.15) is 11.2 Å². The molecule has 2 aliphatic heterocycles. The first-order valence-electron chi connectivity index (χ1n) is 9.41. The van der Waals surface area contributed by atoms with Gasteiger partial charge < -0.3 is 20.1 Å². The van der Waals surface area contributed by atoms with Crippen LogP contribution in [0.5, 0.6) is 11.6 Å². The van der Waals surface area contributed by atoms with Crippen molar-refractivity contribution < 1.29 is 9.47 Å². The third-order valence-electron chi connectivity index (χ3n) is 5.13. The van der Waals surface area contributed by atoms with Crippen LogP contribution in [0.25, 0.3) is 0 Å². The second kappa shape index (κ2) is 7.47. The Kier molecular flexibility index (Phi) is 4.68. The zero-order valence-corrected chi connectivity index (χ0v) is 16.1. The maximum absolute atomic E-state index is 6.35. The highest BCUT2D eigenvalue weighted by atomic mass is 32.2. The minimum atomic E-state index is -0.131. The Bertz CT molecular complexity index is 974. The molecule has 2 unspecified atom stereocenters. The van der Waals surface area contributed by atoms with Crippen LogP contribution in [0.15, 0.2) is 71.8 Å². The SMILES string of the molecule is NC1Sc2ccccc2N1c1ccc(Oc2ncccc2C2CCOC2)cc1. The van der Waals surface area contributed by atoms with Crippen molar-refractivity contribution >= 4 is 23.1 Å². The summed E-state index contributed by atoms with van der Waals surface area (Å²) in [7, 11) is 0. The lowest BCUT2D eigenvalue weighted by Gasteiger charge is -2.23. The van der Waals surface area contributed by atoms with Crippen molar-refractivity contribution in [2.24, 2.45) is 5.73 Å². The largest absolute Gasteiger partial charge is 0.439 e. The van der Waals surface area contributed by atoms with Gasteiger partial charge in [-0.3, -0.25) is 0 Å². The number of para-hydroxylation sites is 1. The standard InChI is InChI=1S/C22H21N3O2S/c23-22-25(19-5-1-2-6-20(19)28-22)16-7-9-17(10-8-16)27-21-18(4-3-12-24-21)15-11-13-26-14-15/h1-10,12,15,22H,11,13-14,23H2. The van der Waals surface area contributed by atoms with Gasteiger partial charge in [-0.05, 0) is 48.9 Å². The van der Waals surface area contributed by atoms with Crippen LogP contribution in [-0.2, 0) is 4.74 Å². The summed E-state index contributed by atoms with van der Waals surface area (Å²) in [6.07, 6.45) is 2.77. The number of aromatic nitrogens is 1. The van der Waals surface area contributed by atoms with Gasteiger partial charge in [0.05, 0.1) is 12.3 Å². The van der Waals surface area contributed by atoms with Gasteiger partial charge >= 0.3 is 0 Å². The topological polar surface area (TPSA) is 60.6 Å². The number of benzene rings is 2. The molecule has 1 aromatic heterocycles. The van der Waals surface area contributed by atoms with Crippen LogP contribution in [0.3, 0.4) is 0 Å². The summed E-state index contributed by atoms with van der Waals surface area (Å²) in [4.78, 5) is 7.79. The van der Waals surface area contributed by atoms with Gasteiger partial charge in [0.2, 0.25) is 5.88 Å². The number of rotatable bonds is 4. The van der Waals surface area contributed by atoms with E-state index in [1.807, 2.05) is 42.5 Å². The lowest BCUT2D eigenvalue weighted by molar-refractivity contribution is 0.193. The van der Waals surface area contributed by atoms with Crippen LogP contribution >= 0.6 is 11.8 Å². The molecule has 0 radical (unpaired) electrons. The van der Waals surface area contributed by atoms with E-state index in [4.69, 9.17) is 15.2 Å². The Morgan fingerprint density at radius 3 is 2.75 bits per heavy atom. The van der Waals surface area contributed by atoms with Crippen molar-refractivity contribution in [2.75, 3.05) is 18.1 Å². The Morgan fingerprint density at radius 1 is 1.07 bits per heavy atom. The predicted octanol–water partition coefficient (Wildman–Crippen LogP) is 4.86. The van der Waals surface area contributed by atoms with E-state index in [0.717, 1.165) is 42.3 Å². The van der Waals surface area contributed by atoms with Gasteiger partial charge in [-0.25, -0.2) is 4.98 Å². The molecule has 0 spiro atoms. The second-order valence-electron chi connectivity index (χ2n) is 6.90. The van der Waals surface area contributed by atoms with Gasteiger partial charge in [-0.2, -0.15) is 0 Å². The highest BCUT2D eigenvalue weighted by Gasteiger charge is 2.28. The van der Waals surface area contributed by atoms with Crippen LogP contribution in [0.2, 0.25) is 0 Å². The number of ether oxygens (including phenoxy) is 2. The second-order valence-corrected chi connectivity index (χ2v) is 8.06. The zero-order valence-electron chi connectivity index (χ0n) is 15.3. The molecule has 28 heavy (non-hydrogen) atoms. The molecule has 5 nitrogen and oxygen atoms in total. The number of hydrogen-bond acceptors (Lipinski definition) is 6. The molecule has 1 fully saturated rings. The van der Waals surface area contributed by atoms with Crippen molar-refractivity contribution in [1.82, 2.24) is 4.98 Å². The van der Waals surface area contributed by atoms with Crippen molar-refractivity contribution in [2.45, 2.75) is 22.7 Å². The average Bonchev–Trinajstić information content (AvgIpc) is 3.36. The van der Waals surface area contributed by atoms with Gasteiger partial charge in [0, 0.05) is 34.9 Å². The monoisotopic (exact) mass is 391 g/mol. The molecule has 6 heteroatoms. The van der Waals surface area contributed by atoms with E-state index >= 15 is 0 Å². The first-order valence-corrected chi connectivity index (χ1v) is 10.3. The summed E-state index contributed by atoms with van der Waals surface area (Å²) < 4.78 is 11.6. The molecule has 0 aliphatic carbocycles. The molecule has 5 rings (SSSR count). The van der Waals surface area contributed by atoms with Gasteiger partial charge in [0.15, 0.2) is 0 Å². The van der Waals surface area contributed by atoms with Gasteiger partial charge in [-0.15, -0.1) is 0 Å². The van der Waals surface area contributed by atoms with Crippen molar-refractivity contribution in [3.05, 3.63) is 72.4 Å². The lowest BCUT2D eigenvalue weighted by atomic mass is 10.00. The Balaban J connectivity index is 1.38. The number of hydrogen-bond donors (Lipinski definition) is 1. The summed E-state index contributed by atoms with van der Waals surface area (Å²) >= 11 is 1.67. The normalized spacial score (nSPS) is 21.0. The highest BCUT2D eigenvalue weighted by Crippen LogP contribution is 2.45. The van der Waals surface area contributed by atoms with Crippen LogP contribution in [0.1, 0.15) is 17.9 Å². The van der Waals surface area contributed by atoms with Crippen LogP contribution < -0.4 is 15.4 Å². The molecule has 3 heterocycles. The van der Waals surface area contributed by atoms with Crippen molar-refractivity contribution in [3.63, 3.8) is 0 Å². The van der Waals surface area contributed by atoms with E-state index in [0.29, 0.717) is 11.8 Å². The van der Waals surface area contributed by atoms with Crippen LogP contribution in [0, 0.1) is 0 Å². The molecular formula is C22H21N3O2S. The van der Waals surface area contributed by atoms with Gasteiger partial charge in [-0.1, -0.05) is 30.0 Å². The zero-order chi connectivity index (χ0) is 18.9. The molecule has 1 saturated heterocycles. The third kappa shape index (κ3) is 3.24. The number of anilines is 2. The summed E-state index contributed by atoms with van der Waals surface area (Å²) in [6, 6.07) is 20.3. The number of thioether (sulfide) groups is 1. The maximum atomic E-state index is 6.35. The predicted molar refractivity (Wildman–Crippen MR) is 111 cm³/mol. The smallest absolute Gasteiger partial charge is 0.222 e. The fourth-order valence-electron chi connectivity index (χ4n) is 3.73. The third-order valence-corrected chi connectivity index (χ3v) is 6.18.